The Morgan fingerprint density at radius 1 is 0.900 bits per heavy atom. The maximum atomic E-state index is 13.5. The van der Waals surface area contributed by atoms with Crippen molar-refractivity contribution < 1.29 is 17.6 Å². The van der Waals surface area contributed by atoms with E-state index in [2.05, 4.69) is 20.3 Å². The number of carbonyl (C=O) groups excluding carboxylic acids is 1. The second-order valence-electron chi connectivity index (χ2n) is 8.56. The molecule has 5 aromatic rings. The van der Waals surface area contributed by atoms with Gasteiger partial charge in [-0.3, -0.25) is 9.52 Å². The summed E-state index contributed by atoms with van der Waals surface area (Å²) in [5.74, 6) is -0.861. The van der Waals surface area contributed by atoms with E-state index < -0.39 is 15.9 Å². The van der Waals surface area contributed by atoms with Crippen molar-refractivity contribution in [2.75, 3.05) is 4.72 Å². The highest BCUT2D eigenvalue weighted by atomic mass is 35.5. The minimum atomic E-state index is -3.82. The van der Waals surface area contributed by atoms with E-state index in [1.807, 2.05) is 30.3 Å². The number of hydrogen-bond acceptors (Lipinski definition) is 5. The van der Waals surface area contributed by atoms with E-state index in [-0.39, 0.29) is 22.0 Å². The first-order chi connectivity index (χ1) is 19.3. The third-order valence-corrected chi connectivity index (χ3v) is 7.42. The van der Waals surface area contributed by atoms with Crippen LogP contribution < -0.4 is 10.1 Å². The van der Waals surface area contributed by atoms with Crippen LogP contribution in [-0.4, -0.2) is 30.3 Å². The Hall–Kier alpha value is -4.80. The Balaban J connectivity index is 1.30. The number of amides is 1. The summed E-state index contributed by atoms with van der Waals surface area (Å²) >= 11 is 5.83. The number of halogens is 2. The van der Waals surface area contributed by atoms with E-state index in [9.17, 15) is 17.6 Å². The predicted molar refractivity (Wildman–Crippen MR) is 153 cm³/mol. The molecule has 1 aromatic heterocycles. The quantitative estimate of drug-likeness (QED) is 0.178. The molecule has 0 spiro atoms. The molecule has 200 valence electrons. The topological polar surface area (TPSA) is 105 Å². The molecule has 1 heterocycles. The summed E-state index contributed by atoms with van der Waals surface area (Å²) in [6.45, 7) is 0. The Morgan fingerprint density at radius 3 is 2.25 bits per heavy atom. The lowest BCUT2D eigenvalue weighted by molar-refractivity contribution is 0.0955. The molecule has 5 rings (SSSR count). The average Bonchev–Trinajstić information content (AvgIpc) is 3.38. The highest BCUT2D eigenvalue weighted by molar-refractivity contribution is 7.92. The van der Waals surface area contributed by atoms with Gasteiger partial charge in [-0.2, -0.15) is 10.2 Å². The van der Waals surface area contributed by atoms with Crippen LogP contribution in [0.2, 0.25) is 5.02 Å². The SMILES string of the molecule is O=C(NN=Cc1cn(-c2ccccc2)nc1-c1ccc(F)cc1)c1ccc(NS(=O)(=O)c2ccc(Cl)cc2)cc1. The lowest BCUT2D eigenvalue weighted by Gasteiger charge is -2.08. The number of carbonyl (C=O) groups is 1. The van der Waals surface area contributed by atoms with Crippen molar-refractivity contribution in [3.63, 3.8) is 0 Å². The molecule has 0 saturated heterocycles. The largest absolute Gasteiger partial charge is 0.280 e. The van der Waals surface area contributed by atoms with Gasteiger partial charge in [0.25, 0.3) is 15.9 Å². The Labute approximate surface area is 234 Å². The highest BCUT2D eigenvalue weighted by Gasteiger charge is 2.15. The maximum absolute atomic E-state index is 13.5. The van der Waals surface area contributed by atoms with Crippen molar-refractivity contribution in [3.05, 3.63) is 131 Å². The van der Waals surface area contributed by atoms with Crippen LogP contribution in [0.25, 0.3) is 16.9 Å². The summed E-state index contributed by atoms with van der Waals surface area (Å²) < 4.78 is 42.8. The molecule has 0 bridgehead atoms. The molecule has 0 unspecified atom stereocenters. The molecule has 2 N–H and O–H groups in total. The third kappa shape index (κ3) is 6.25. The summed E-state index contributed by atoms with van der Waals surface area (Å²) in [5, 5.41) is 9.14. The van der Waals surface area contributed by atoms with Crippen molar-refractivity contribution in [3.8, 4) is 16.9 Å². The Kier molecular flexibility index (Phi) is 7.72. The molecular formula is C29H21ClFN5O3S. The first-order valence-electron chi connectivity index (χ1n) is 11.9. The van der Waals surface area contributed by atoms with E-state index in [1.54, 1.807) is 23.0 Å². The van der Waals surface area contributed by atoms with Gasteiger partial charge in [-0.25, -0.2) is 22.9 Å². The molecule has 0 saturated carbocycles. The first kappa shape index (κ1) is 26.8. The third-order valence-electron chi connectivity index (χ3n) is 5.77. The van der Waals surface area contributed by atoms with Crippen LogP contribution in [0.3, 0.4) is 0 Å². The molecule has 0 radical (unpaired) electrons. The predicted octanol–water partition coefficient (Wildman–Crippen LogP) is 5.90. The van der Waals surface area contributed by atoms with Crippen LogP contribution in [0.1, 0.15) is 15.9 Å². The number of aromatic nitrogens is 2. The summed E-state index contributed by atoms with van der Waals surface area (Å²) in [7, 11) is -3.82. The van der Waals surface area contributed by atoms with E-state index in [1.165, 1.54) is 66.9 Å². The summed E-state index contributed by atoms with van der Waals surface area (Å²) in [5.41, 5.74) is 5.67. The molecule has 40 heavy (non-hydrogen) atoms. The number of hydrazone groups is 1. The zero-order valence-electron chi connectivity index (χ0n) is 20.7. The number of hydrogen-bond donors (Lipinski definition) is 2. The van der Waals surface area contributed by atoms with Gasteiger partial charge < -0.3 is 0 Å². The number of nitrogens with one attached hydrogen (secondary N) is 2. The Morgan fingerprint density at radius 2 is 1.57 bits per heavy atom. The summed E-state index contributed by atoms with van der Waals surface area (Å²) in [4.78, 5) is 12.7. The minimum absolute atomic E-state index is 0.0589. The summed E-state index contributed by atoms with van der Waals surface area (Å²) in [6.07, 6.45) is 3.21. The molecule has 0 aliphatic rings. The molecule has 0 fully saturated rings. The van der Waals surface area contributed by atoms with Gasteiger partial charge in [0, 0.05) is 33.6 Å². The van der Waals surface area contributed by atoms with Crippen molar-refractivity contribution in [1.82, 2.24) is 15.2 Å². The van der Waals surface area contributed by atoms with Gasteiger partial charge in [0.05, 0.1) is 16.8 Å². The van der Waals surface area contributed by atoms with Crippen molar-refractivity contribution >= 4 is 39.4 Å². The molecule has 11 heteroatoms. The zero-order valence-corrected chi connectivity index (χ0v) is 22.3. The molecule has 8 nitrogen and oxygen atoms in total. The zero-order chi connectivity index (χ0) is 28.1. The van der Waals surface area contributed by atoms with Crippen LogP contribution in [0.4, 0.5) is 10.1 Å². The van der Waals surface area contributed by atoms with Gasteiger partial charge in [0.1, 0.15) is 11.5 Å². The van der Waals surface area contributed by atoms with Crippen LogP contribution in [-0.2, 0) is 10.0 Å². The highest BCUT2D eigenvalue weighted by Crippen LogP contribution is 2.23. The van der Waals surface area contributed by atoms with E-state index >= 15 is 0 Å². The number of benzene rings is 4. The Bertz CT molecular complexity index is 1770. The molecule has 1 amide bonds. The number of nitrogens with zero attached hydrogens (tertiary/aromatic N) is 3. The van der Waals surface area contributed by atoms with Gasteiger partial charge in [-0.15, -0.1) is 0 Å². The number of anilines is 1. The minimum Gasteiger partial charge on any atom is -0.280 e. The molecule has 4 aromatic carbocycles. The summed E-state index contributed by atoms with van der Waals surface area (Å²) in [6, 6.07) is 27.0. The fraction of sp³-hybridized carbons (Fsp3) is 0. The van der Waals surface area contributed by atoms with Gasteiger partial charge in [-0.05, 0) is 84.9 Å². The first-order valence-corrected chi connectivity index (χ1v) is 13.8. The van der Waals surface area contributed by atoms with Gasteiger partial charge in [0.15, 0.2) is 0 Å². The molecule has 0 aliphatic heterocycles. The van der Waals surface area contributed by atoms with E-state index in [4.69, 9.17) is 11.6 Å². The average molecular weight is 574 g/mol. The van der Waals surface area contributed by atoms with Crippen LogP contribution >= 0.6 is 11.6 Å². The van der Waals surface area contributed by atoms with E-state index in [0.717, 1.165) is 5.69 Å². The van der Waals surface area contributed by atoms with Crippen LogP contribution in [0, 0.1) is 5.82 Å². The van der Waals surface area contributed by atoms with Crippen molar-refractivity contribution in [2.45, 2.75) is 4.90 Å². The number of para-hydroxylation sites is 1. The van der Waals surface area contributed by atoms with Gasteiger partial charge in [-0.1, -0.05) is 29.8 Å². The fourth-order valence-electron chi connectivity index (χ4n) is 3.77. The van der Waals surface area contributed by atoms with Crippen LogP contribution in [0.15, 0.2) is 119 Å². The fourth-order valence-corrected chi connectivity index (χ4v) is 4.95. The number of sulfonamides is 1. The molecule has 0 aliphatic carbocycles. The second kappa shape index (κ2) is 11.5. The standard InChI is InChI=1S/C29H21ClFN5O3S/c30-23-10-16-27(17-11-23)40(38,39)35-25-14-8-21(9-15-25)29(37)33-32-18-22-19-36(26-4-2-1-3-5-26)34-28(22)20-6-12-24(31)13-7-20/h1-19,35H,(H,33,37). The normalized spacial score (nSPS) is 11.4. The van der Waals surface area contributed by atoms with Crippen LogP contribution in [0.5, 0.6) is 0 Å². The smallest absolute Gasteiger partial charge is 0.271 e. The molecule has 0 atom stereocenters. The van der Waals surface area contributed by atoms with Gasteiger partial charge in [0.2, 0.25) is 0 Å². The molecular weight excluding hydrogens is 553 g/mol. The second-order valence-corrected chi connectivity index (χ2v) is 10.7. The monoisotopic (exact) mass is 573 g/mol. The lowest BCUT2D eigenvalue weighted by atomic mass is 10.1. The van der Waals surface area contributed by atoms with Gasteiger partial charge >= 0.3 is 0 Å². The maximum Gasteiger partial charge on any atom is 0.271 e. The van der Waals surface area contributed by atoms with E-state index in [0.29, 0.717) is 21.8 Å². The van der Waals surface area contributed by atoms with Crippen molar-refractivity contribution in [2.24, 2.45) is 5.10 Å². The van der Waals surface area contributed by atoms with Crippen molar-refractivity contribution in [1.29, 1.82) is 0 Å². The lowest BCUT2D eigenvalue weighted by Crippen LogP contribution is -2.18. The number of rotatable bonds is 8.